The Labute approximate surface area is 116 Å². The van der Waals surface area contributed by atoms with Crippen molar-refractivity contribution in [1.82, 2.24) is 5.32 Å². The maximum absolute atomic E-state index is 11.4. The van der Waals surface area contributed by atoms with Crippen LogP contribution in [0, 0.1) is 0 Å². The lowest BCUT2D eigenvalue weighted by Gasteiger charge is -2.18. The van der Waals surface area contributed by atoms with Crippen LogP contribution in [0.25, 0.3) is 0 Å². The van der Waals surface area contributed by atoms with Gasteiger partial charge in [-0.2, -0.15) is 0 Å². The highest BCUT2D eigenvalue weighted by molar-refractivity contribution is 6.43. The van der Waals surface area contributed by atoms with E-state index in [4.69, 9.17) is 27.9 Å². The highest BCUT2D eigenvalue weighted by Crippen LogP contribution is 2.40. The fraction of sp³-hybridized carbons (Fsp3) is 0.308. The number of halogens is 2. The predicted octanol–water partition coefficient (Wildman–Crippen LogP) is 3.51. The third-order valence-electron chi connectivity index (χ3n) is 2.84. The highest BCUT2D eigenvalue weighted by Gasteiger charge is 2.23. The summed E-state index contributed by atoms with van der Waals surface area (Å²) < 4.78 is 5.61. The summed E-state index contributed by atoms with van der Waals surface area (Å²) in [5.74, 6) is 0.356. The van der Waals surface area contributed by atoms with Crippen molar-refractivity contribution in [2.24, 2.45) is 0 Å². The van der Waals surface area contributed by atoms with E-state index in [0.717, 1.165) is 18.4 Å². The molecule has 1 unspecified atom stereocenters. The van der Waals surface area contributed by atoms with E-state index in [-0.39, 0.29) is 11.9 Å². The van der Waals surface area contributed by atoms with Crippen LogP contribution in [0.5, 0.6) is 5.75 Å². The Morgan fingerprint density at radius 3 is 3.00 bits per heavy atom. The van der Waals surface area contributed by atoms with Gasteiger partial charge in [-0.25, -0.2) is 0 Å². The summed E-state index contributed by atoms with van der Waals surface area (Å²) in [4.78, 5) is 11.4. The Kier molecular flexibility index (Phi) is 4.15. The Morgan fingerprint density at radius 1 is 1.50 bits per heavy atom. The van der Waals surface area contributed by atoms with E-state index in [9.17, 15) is 4.79 Å². The van der Waals surface area contributed by atoms with Crippen molar-refractivity contribution in [2.45, 2.75) is 18.9 Å². The summed E-state index contributed by atoms with van der Waals surface area (Å²) >= 11 is 12.1. The molecule has 1 aromatic carbocycles. The highest BCUT2D eigenvalue weighted by atomic mass is 35.5. The first-order valence-corrected chi connectivity index (χ1v) is 6.42. The molecule has 1 aromatic rings. The lowest BCUT2D eigenvalue weighted by molar-refractivity contribution is -0.117. The monoisotopic (exact) mass is 285 g/mol. The second-order valence-electron chi connectivity index (χ2n) is 4.04. The SMILES string of the molecule is C=CC(=O)NC1CCCOc2c1ccc(Cl)c2Cl. The summed E-state index contributed by atoms with van der Waals surface area (Å²) in [7, 11) is 0. The van der Waals surface area contributed by atoms with Gasteiger partial charge < -0.3 is 10.1 Å². The molecule has 1 amide bonds. The molecule has 18 heavy (non-hydrogen) atoms. The van der Waals surface area contributed by atoms with E-state index in [1.54, 1.807) is 6.07 Å². The zero-order chi connectivity index (χ0) is 13.1. The minimum Gasteiger partial charge on any atom is -0.492 e. The van der Waals surface area contributed by atoms with Gasteiger partial charge >= 0.3 is 0 Å². The van der Waals surface area contributed by atoms with Crippen molar-refractivity contribution in [3.63, 3.8) is 0 Å². The Bertz CT molecular complexity index is 488. The minimum absolute atomic E-state index is 0.122. The average molecular weight is 286 g/mol. The van der Waals surface area contributed by atoms with Crippen LogP contribution in [0.3, 0.4) is 0 Å². The molecular formula is C13H13Cl2NO2. The number of hydrogen-bond acceptors (Lipinski definition) is 2. The largest absolute Gasteiger partial charge is 0.492 e. The number of ether oxygens (including phenoxy) is 1. The molecule has 1 N–H and O–H groups in total. The Morgan fingerprint density at radius 2 is 2.28 bits per heavy atom. The molecule has 96 valence electrons. The average Bonchev–Trinajstić information content (AvgIpc) is 2.57. The second-order valence-corrected chi connectivity index (χ2v) is 4.82. The van der Waals surface area contributed by atoms with Crippen molar-refractivity contribution >= 4 is 29.1 Å². The van der Waals surface area contributed by atoms with E-state index in [2.05, 4.69) is 11.9 Å². The maximum atomic E-state index is 11.4. The van der Waals surface area contributed by atoms with Gasteiger partial charge in [0.05, 0.1) is 17.7 Å². The van der Waals surface area contributed by atoms with Gasteiger partial charge in [0.15, 0.2) is 0 Å². The van der Waals surface area contributed by atoms with Crippen LogP contribution in [-0.2, 0) is 4.79 Å². The molecule has 5 heteroatoms. The van der Waals surface area contributed by atoms with Crippen LogP contribution in [0.4, 0.5) is 0 Å². The molecule has 0 fully saturated rings. The predicted molar refractivity (Wildman–Crippen MR) is 72.3 cm³/mol. The van der Waals surface area contributed by atoms with Gasteiger partial charge in [0.2, 0.25) is 5.91 Å². The van der Waals surface area contributed by atoms with Crippen LogP contribution >= 0.6 is 23.2 Å². The molecule has 0 aromatic heterocycles. The number of hydrogen-bond donors (Lipinski definition) is 1. The van der Waals surface area contributed by atoms with Crippen molar-refractivity contribution < 1.29 is 9.53 Å². The summed E-state index contributed by atoms with van der Waals surface area (Å²) in [6, 6.07) is 3.43. The Hall–Kier alpha value is -1.19. The molecule has 2 rings (SSSR count). The molecule has 1 aliphatic heterocycles. The molecule has 0 spiro atoms. The van der Waals surface area contributed by atoms with E-state index < -0.39 is 0 Å². The molecule has 0 saturated carbocycles. The number of nitrogens with one attached hydrogen (secondary N) is 1. The molecule has 1 heterocycles. The molecular weight excluding hydrogens is 273 g/mol. The van der Waals surface area contributed by atoms with Crippen LogP contribution < -0.4 is 10.1 Å². The molecule has 1 aliphatic rings. The van der Waals surface area contributed by atoms with Gasteiger partial charge in [0.25, 0.3) is 0 Å². The van der Waals surface area contributed by atoms with Crippen LogP contribution in [-0.4, -0.2) is 12.5 Å². The van der Waals surface area contributed by atoms with E-state index in [1.165, 1.54) is 6.08 Å². The zero-order valence-electron chi connectivity index (χ0n) is 9.71. The maximum Gasteiger partial charge on any atom is 0.243 e. The first-order chi connectivity index (χ1) is 8.63. The summed E-state index contributed by atoms with van der Waals surface area (Å²) in [5, 5.41) is 3.72. The third kappa shape index (κ3) is 2.62. The van der Waals surface area contributed by atoms with Crippen molar-refractivity contribution in [1.29, 1.82) is 0 Å². The van der Waals surface area contributed by atoms with Gasteiger partial charge in [-0.15, -0.1) is 0 Å². The number of carbonyl (C=O) groups excluding carboxylic acids is 1. The van der Waals surface area contributed by atoms with Gasteiger partial charge in [-0.05, 0) is 25.0 Å². The van der Waals surface area contributed by atoms with Gasteiger partial charge in [-0.3, -0.25) is 4.79 Å². The third-order valence-corrected chi connectivity index (χ3v) is 3.63. The van der Waals surface area contributed by atoms with E-state index in [1.807, 2.05) is 6.07 Å². The first kappa shape index (κ1) is 13.2. The number of carbonyl (C=O) groups is 1. The Balaban J connectivity index is 2.38. The van der Waals surface area contributed by atoms with E-state index in [0.29, 0.717) is 22.4 Å². The zero-order valence-corrected chi connectivity index (χ0v) is 11.2. The van der Waals surface area contributed by atoms with Crippen molar-refractivity contribution in [3.05, 3.63) is 40.4 Å². The molecule has 3 nitrogen and oxygen atoms in total. The molecule has 0 bridgehead atoms. The van der Waals surface area contributed by atoms with Crippen molar-refractivity contribution in [2.75, 3.05) is 6.61 Å². The van der Waals surface area contributed by atoms with Gasteiger partial charge in [0.1, 0.15) is 10.8 Å². The quantitative estimate of drug-likeness (QED) is 0.845. The summed E-state index contributed by atoms with van der Waals surface area (Å²) in [6.07, 6.45) is 2.89. The topological polar surface area (TPSA) is 38.3 Å². The standard InChI is InChI=1S/C13H13Cl2NO2/c1-2-11(17)16-10-4-3-7-18-13-8(10)5-6-9(14)12(13)15/h2,5-6,10H,1,3-4,7H2,(H,16,17). The van der Waals surface area contributed by atoms with Gasteiger partial charge in [0, 0.05) is 5.56 Å². The van der Waals surface area contributed by atoms with Crippen LogP contribution in [0.15, 0.2) is 24.8 Å². The molecule has 1 atom stereocenters. The smallest absolute Gasteiger partial charge is 0.243 e. The number of amides is 1. The molecule has 0 radical (unpaired) electrons. The fourth-order valence-electron chi connectivity index (χ4n) is 1.97. The number of fused-ring (bicyclic) bond motifs is 1. The fourth-order valence-corrected chi connectivity index (χ4v) is 2.34. The minimum atomic E-state index is -0.209. The normalized spacial score (nSPS) is 18.2. The molecule has 0 aliphatic carbocycles. The van der Waals surface area contributed by atoms with Crippen molar-refractivity contribution in [3.8, 4) is 5.75 Å². The van der Waals surface area contributed by atoms with E-state index >= 15 is 0 Å². The summed E-state index contributed by atoms with van der Waals surface area (Å²) in [5.41, 5.74) is 0.858. The second kappa shape index (κ2) is 5.63. The lowest BCUT2D eigenvalue weighted by Crippen LogP contribution is -2.26. The number of rotatable bonds is 2. The van der Waals surface area contributed by atoms with Crippen LogP contribution in [0.1, 0.15) is 24.4 Å². The lowest BCUT2D eigenvalue weighted by atomic mass is 10.0. The number of benzene rings is 1. The van der Waals surface area contributed by atoms with Gasteiger partial charge in [-0.1, -0.05) is 35.8 Å². The van der Waals surface area contributed by atoms with Crippen LogP contribution in [0.2, 0.25) is 10.0 Å². The first-order valence-electron chi connectivity index (χ1n) is 5.67. The molecule has 0 saturated heterocycles. The summed E-state index contributed by atoms with van der Waals surface area (Å²) in [6.45, 7) is 4.01.